The first kappa shape index (κ1) is 22.5. The SMILES string of the molecule is C=CCC(O)C(=C)/C=C(C)\C(=C/C)c1cnc2cc(NC(=O)C3CC3(F)F)ncc2c1. The first-order chi connectivity index (χ1) is 14.7. The second kappa shape index (κ2) is 8.89. The maximum atomic E-state index is 13.1. The molecule has 3 rings (SSSR count). The summed E-state index contributed by atoms with van der Waals surface area (Å²) in [5.74, 6) is -4.75. The number of carbonyl (C=O) groups excluding carboxylic acids is 1. The number of hydrogen-bond acceptors (Lipinski definition) is 4. The van der Waals surface area contributed by atoms with Crippen molar-refractivity contribution >= 4 is 28.2 Å². The number of nitrogens with zero attached hydrogens (tertiary/aromatic N) is 2. The summed E-state index contributed by atoms with van der Waals surface area (Å²) in [4.78, 5) is 20.5. The average Bonchev–Trinajstić information content (AvgIpc) is 3.37. The van der Waals surface area contributed by atoms with Gasteiger partial charge in [-0.2, -0.15) is 0 Å². The highest BCUT2D eigenvalue weighted by molar-refractivity contribution is 5.96. The van der Waals surface area contributed by atoms with Crippen molar-refractivity contribution in [1.29, 1.82) is 0 Å². The zero-order valence-corrected chi connectivity index (χ0v) is 17.5. The molecule has 7 heteroatoms. The van der Waals surface area contributed by atoms with E-state index in [9.17, 15) is 18.7 Å². The van der Waals surface area contributed by atoms with Crippen LogP contribution in [0.3, 0.4) is 0 Å². The van der Waals surface area contributed by atoms with Crippen LogP contribution in [0.4, 0.5) is 14.6 Å². The lowest BCUT2D eigenvalue weighted by molar-refractivity contribution is -0.119. The fraction of sp³-hybridized carbons (Fsp3) is 0.292. The number of anilines is 1. The van der Waals surface area contributed by atoms with Crippen molar-refractivity contribution in [3.05, 3.63) is 72.6 Å². The summed E-state index contributed by atoms with van der Waals surface area (Å²) in [6, 6.07) is 3.47. The molecule has 0 radical (unpaired) electrons. The summed E-state index contributed by atoms with van der Waals surface area (Å²) in [6.45, 7) is 11.4. The molecule has 2 atom stereocenters. The molecule has 2 unspecified atom stereocenters. The van der Waals surface area contributed by atoms with Crippen LogP contribution in [0.15, 0.2) is 67.1 Å². The Labute approximate surface area is 179 Å². The molecule has 2 heterocycles. The van der Waals surface area contributed by atoms with Crippen LogP contribution >= 0.6 is 0 Å². The smallest absolute Gasteiger partial charge is 0.260 e. The molecule has 162 valence electrons. The van der Waals surface area contributed by atoms with Gasteiger partial charge in [-0.15, -0.1) is 6.58 Å². The molecule has 1 saturated carbocycles. The fourth-order valence-corrected chi connectivity index (χ4v) is 3.33. The molecule has 1 fully saturated rings. The minimum absolute atomic E-state index is 0.190. The lowest BCUT2D eigenvalue weighted by Gasteiger charge is -2.13. The van der Waals surface area contributed by atoms with Crippen LogP contribution in [0, 0.1) is 5.92 Å². The van der Waals surface area contributed by atoms with Gasteiger partial charge in [-0.05, 0) is 43.1 Å². The standard InChI is InChI=1S/C24H25F2N3O2/c1-5-7-21(30)15(4)8-14(3)18(6-2)16-9-17-13-28-22(10-20(17)27-12-16)29-23(31)19-11-24(19,25)26/h5-6,8-10,12-13,19,21,30H,1,4,7,11H2,2-3H3,(H,28,29,31)/b14-8-,18-6+. The third-order valence-electron chi connectivity index (χ3n) is 5.20. The monoisotopic (exact) mass is 425 g/mol. The normalized spacial score (nSPS) is 19.1. The van der Waals surface area contributed by atoms with Gasteiger partial charge in [-0.1, -0.05) is 24.8 Å². The number of fused-ring (bicyclic) bond motifs is 1. The Balaban J connectivity index is 1.80. The van der Waals surface area contributed by atoms with Crippen molar-refractivity contribution in [2.45, 2.75) is 38.7 Å². The second-order valence-electron chi connectivity index (χ2n) is 7.64. The lowest BCUT2D eigenvalue weighted by atomic mass is 9.96. The van der Waals surface area contributed by atoms with Crippen LogP contribution in [-0.2, 0) is 4.79 Å². The van der Waals surface area contributed by atoms with E-state index in [0.717, 1.165) is 22.1 Å². The molecular weight excluding hydrogens is 400 g/mol. The molecule has 2 aromatic heterocycles. The fourth-order valence-electron chi connectivity index (χ4n) is 3.33. The molecule has 0 spiro atoms. The molecule has 0 aromatic carbocycles. The van der Waals surface area contributed by atoms with Crippen molar-refractivity contribution in [3.63, 3.8) is 0 Å². The van der Waals surface area contributed by atoms with E-state index in [1.807, 2.05) is 32.1 Å². The number of pyridine rings is 2. The van der Waals surface area contributed by atoms with Crippen molar-refractivity contribution in [2.24, 2.45) is 5.92 Å². The van der Waals surface area contributed by atoms with Crippen LogP contribution in [0.5, 0.6) is 0 Å². The van der Waals surface area contributed by atoms with Gasteiger partial charge in [0.2, 0.25) is 5.91 Å². The topological polar surface area (TPSA) is 75.1 Å². The molecular formula is C24H25F2N3O2. The van der Waals surface area contributed by atoms with Gasteiger partial charge in [0.25, 0.3) is 5.92 Å². The van der Waals surface area contributed by atoms with Crippen LogP contribution in [0.25, 0.3) is 16.5 Å². The zero-order chi connectivity index (χ0) is 22.8. The number of hydrogen-bond donors (Lipinski definition) is 2. The van der Waals surface area contributed by atoms with Crippen LogP contribution in [0.1, 0.15) is 32.3 Å². The summed E-state index contributed by atoms with van der Waals surface area (Å²) in [5, 5.41) is 13.2. The van der Waals surface area contributed by atoms with E-state index >= 15 is 0 Å². The number of allylic oxidation sites excluding steroid dienone is 3. The first-order valence-corrected chi connectivity index (χ1v) is 9.94. The summed E-state index contributed by atoms with van der Waals surface area (Å²) in [5.41, 5.74) is 3.87. The minimum Gasteiger partial charge on any atom is -0.388 e. The van der Waals surface area contributed by atoms with Gasteiger partial charge < -0.3 is 10.4 Å². The molecule has 1 aliphatic carbocycles. The summed E-state index contributed by atoms with van der Waals surface area (Å²) >= 11 is 0. The molecule has 0 saturated heterocycles. The third-order valence-corrected chi connectivity index (χ3v) is 5.20. The molecule has 5 nitrogen and oxygen atoms in total. The number of aliphatic hydroxyl groups excluding tert-OH is 1. The van der Waals surface area contributed by atoms with E-state index < -0.39 is 30.3 Å². The molecule has 1 aliphatic rings. The quantitative estimate of drug-likeness (QED) is 0.458. The lowest BCUT2D eigenvalue weighted by Crippen LogP contribution is -2.18. The first-order valence-electron chi connectivity index (χ1n) is 9.94. The largest absolute Gasteiger partial charge is 0.388 e. The number of amides is 1. The van der Waals surface area contributed by atoms with Crippen molar-refractivity contribution in [1.82, 2.24) is 9.97 Å². The number of aromatic nitrogens is 2. The van der Waals surface area contributed by atoms with E-state index in [1.54, 1.807) is 24.5 Å². The van der Waals surface area contributed by atoms with E-state index in [1.165, 1.54) is 0 Å². The number of nitrogens with one attached hydrogen (secondary N) is 1. The number of rotatable bonds is 8. The van der Waals surface area contributed by atoms with Crippen molar-refractivity contribution in [2.75, 3.05) is 5.32 Å². The molecule has 2 aromatic rings. The van der Waals surface area contributed by atoms with Crippen molar-refractivity contribution < 1.29 is 18.7 Å². The Bertz CT molecular complexity index is 1110. The Morgan fingerprint density at radius 1 is 1.39 bits per heavy atom. The molecule has 1 amide bonds. The highest BCUT2D eigenvalue weighted by atomic mass is 19.3. The molecule has 0 bridgehead atoms. The number of carbonyl (C=O) groups is 1. The molecule has 31 heavy (non-hydrogen) atoms. The second-order valence-corrected chi connectivity index (χ2v) is 7.64. The number of halogens is 2. The van der Waals surface area contributed by atoms with E-state index in [0.29, 0.717) is 17.5 Å². The van der Waals surface area contributed by atoms with Crippen LogP contribution in [-0.4, -0.2) is 33.0 Å². The van der Waals surface area contributed by atoms with E-state index in [2.05, 4.69) is 28.4 Å². The van der Waals surface area contributed by atoms with Gasteiger partial charge >= 0.3 is 0 Å². The highest BCUT2D eigenvalue weighted by Crippen LogP contribution is 2.49. The number of alkyl halides is 2. The van der Waals surface area contributed by atoms with Gasteiger partial charge in [0.05, 0.1) is 11.6 Å². The highest BCUT2D eigenvalue weighted by Gasteiger charge is 2.61. The molecule has 0 aliphatic heterocycles. The van der Waals surface area contributed by atoms with Gasteiger partial charge in [-0.25, -0.2) is 13.8 Å². The Morgan fingerprint density at radius 3 is 2.71 bits per heavy atom. The van der Waals surface area contributed by atoms with E-state index in [4.69, 9.17) is 0 Å². The maximum Gasteiger partial charge on any atom is 0.260 e. The summed E-state index contributed by atoms with van der Waals surface area (Å²) < 4.78 is 26.1. The maximum absolute atomic E-state index is 13.1. The van der Waals surface area contributed by atoms with Gasteiger partial charge in [0.1, 0.15) is 11.7 Å². The number of aliphatic hydroxyl groups is 1. The van der Waals surface area contributed by atoms with Crippen molar-refractivity contribution in [3.8, 4) is 0 Å². The average molecular weight is 425 g/mol. The Kier molecular flexibility index (Phi) is 6.45. The summed E-state index contributed by atoms with van der Waals surface area (Å²) in [7, 11) is 0. The Morgan fingerprint density at radius 2 is 2.10 bits per heavy atom. The van der Waals surface area contributed by atoms with E-state index in [-0.39, 0.29) is 5.82 Å². The van der Waals surface area contributed by atoms with Gasteiger partial charge in [-0.3, -0.25) is 9.78 Å². The van der Waals surface area contributed by atoms with Gasteiger partial charge in [0.15, 0.2) is 0 Å². The minimum atomic E-state index is -2.92. The van der Waals surface area contributed by atoms with Gasteiger partial charge in [0, 0.05) is 35.8 Å². The Hall–Kier alpha value is -3.19. The van der Waals surface area contributed by atoms with Crippen LogP contribution in [0.2, 0.25) is 0 Å². The predicted octanol–water partition coefficient (Wildman–Crippen LogP) is 5.07. The summed E-state index contributed by atoms with van der Waals surface area (Å²) in [6.07, 6.45) is 7.97. The predicted molar refractivity (Wildman–Crippen MR) is 119 cm³/mol. The van der Waals surface area contributed by atoms with Crippen LogP contribution < -0.4 is 5.32 Å². The third kappa shape index (κ3) is 5.11. The zero-order valence-electron chi connectivity index (χ0n) is 17.5. The molecule has 2 N–H and O–H groups in total.